The number of hydrogen-bond acceptors (Lipinski definition) is 10. The number of phenolic OH excluding ortho intramolecular Hbond substituents is 1. The molecule has 0 radical (unpaired) electrons. The summed E-state index contributed by atoms with van der Waals surface area (Å²) >= 11 is 1.54. The fraction of sp³-hybridized carbons (Fsp3) is 0.367. The van der Waals surface area contributed by atoms with Crippen molar-refractivity contribution in [3.63, 3.8) is 0 Å². The van der Waals surface area contributed by atoms with E-state index in [9.17, 15) is 34.8 Å². The lowest BCUT2D eigenvalue weighted by Gasteiger charge is -2.52. The van der Waals surface area contributed by atoms with Gasteiger partial charge >= 0.3 is 0 Å². The Morgan fingerprint density at radius 2 is 1.71 bits per heavy atom. The van der Waals surface area contributed by atoms with Crippen molar-refractivity contribution in [2.45, 2.75) is 28.9 Å². The number of likely N-dealkylation sites (N-methyl/N-ethyl adjacent to an activating group) is 1. The number of carbonyl (C=O) groups excluding carboxylic acids is 3. The first-order chi connectivity index (χ1) is 19.3. The maximum absolute atomic E-state index is 14.3. The molecule has 11 heteroatoms. The normalized spacial score (nSPS) is 27.5. The number of Topliss-reactive ketones (excluding diaryl/α,β-unsaturated/α-hetero) is 2. The number of aliphatic hydroxyl groups is 3. The topological polar surface area (TPSA) is 165 Å². The average molecular weight is 580 g/mol. The van der Waals surface area contributed by atoms with Crippen molar-refractivity contribution in [2.24, 2.45) is 17.6 Å². The third-order valence-electron chi connectivity index (χ3n) is 8.51. The summed E-state index contributed by atoms with van der Waals surface area (Å²) in [4.78, 5) is 44.3. The van der Waals surface area contributed by atoms with Gasteiger partial charge in [0.05, 0.1) is 11.6 Å². The van der Waals surface area contributed by atoms with Gasteiger partial charge in [0.2, 0.25) is 5.78 Å². The van der Waals surface area contributed by atoms with Crippen LogP contribution in [0.5, 0.6) is 5.75 Å². The van der Waals surface area contributed by atoms with Gasteiger partial charge in [-0.15, -0.1) is 11.8 Å². The van der Waals surface area contributed by atoms with Crippen LogP contribution in [0, 0.1) is 11.8 Å². The molecule has 6 N–H and O–H groups in total. The summed E-state index contributed by atoms with van der Waals surface area (Å²) in [6.45, 7) is 0. The number of amides is 1. The molecule has 2 aromatic rings. The summed E-state index contributed by atoms with van der Waals surface area (Å²) in [5.41, 5.74) is 3.19. The van der Waals surface area contributed by atoms with E-state index in [0.717, 1.165) is 10.6 Å². The Bertz CT molecular complexity index is 1520. The van der Waals surface area contributed by atoms with E-state index in [0.29, 0.717) is 11.3 Å². The van der Waals surface area contributed by atoms with E-state index in [1.54, 1.807) is 31.9 Å². The number of primary amides is 1. The number of hydrogen-bond donors (Lipinski definition) is 5. The Balaban J connectivity index is 1.76. The summed E-state index contributed by atoms with van der Waals surface area (Å²) in [7, 11) is 6.84. The fourth-order valence-corrected chi connectivity index (χ4v) is 7.83. The van der Waals surface area contributed by atoms with Gasteiger partial charge in [-0.05, 0) is 56.3 Å². The molecule has 41 heavy (non-hydrogen) atoms. The monoisotopic (exact) mass is 579 g/mol. The number of anilines is 1. The van der Waals surface area contributed by atoms with Crippen molar-refractivity contribution in [1.82, 2.24) is 4.90 Å². The largest absolute Gasteiger partial charge is 0.508 e. The number of ketones is 2. The number of aromatic hydroxyl groups is 1. The molecule has 5 atom stereocenters. The summed E-state index contributed by atoms with van der Waals surface area (Å²) in [6, 6.07) is 11.7. The van der Waals surface area contributed by atoms with E-state index in [1.807, 2.05) is 49.3 Å². The molecule has 5 rings (SSSR count). The van der Waals surface area contributed by atoms with Crippen LogP contribution in [-0.4, -0.2) is 88.4 Å². The molecule has 0 unspecified atom stereocenters. The van der Waals surface area contributed by atoms with E-state index < -0.39 is 64.0 Å². The van der Waals surface area contributed by atoms with Crippen LogP contribution < -0.4 is 10.6 Å². The molecule has 1 fully saturated rings. The van der Waals surface area contributed by atoms with Crippen LogP contribution in [0.2, 0.25) is 0 Å². The number of fused-ring (bicyclic) bond motifs is 3. The van der Waals surface area contributed by atoms with E-state index in [2.05, 4.69) is 0 Å². The zero-order chi connectivity index (χ0) is 30.0. The zero-order valence-electron chi connectivity index (χ0n) is 23.2. The number of nitrogens with zero attached hydrogens (tertiary/aromatic N) is 2. The second kappa shape index (κ2) is 10.2. The number of nitrogens with two attached hydrogens (primary N) is 1. The quantitative estimate of drug-likeness (QED) is 0.253. The molecule has 3 aliphatic rings. The molecule has 3 aliphatic carbocycles. The van der Waals surface area contributed by atoms with Crippen LogP contribution >= 0.6 is 11.8 Å². The van der Waals surface area contributed by atoms with Gasteiger partial charge in [0.1, 0.15) is 22.8 Å². The van der Waals surface area contributed by atoms with Gasteiger partial charge in [0.25, 0.3) is 5.91 Å². The Labute approximate surface area is 241 Å². The zero-order valence-corrected chi connectivity index (χ0v) is 24.0. The van der Waals surface area contributed by atoms with Crippen LogP contribution in [0.1, 0.15) is 23.5 Å². The van der Waals surface area contributed by atoms with Crippen molar-refractivity contribution in [3.05, 3.63) is 70.5 Å². The Morgan fingerprint density at radius 1 is 1.05 bits per heavy atom. The first-order valence-corrected chi connectivity index (χ1v) is 14.2. The number of thioether (sulfide) groups is 1. The van der Waals surface area contributed by atoms with Crippen LogP contribution in [0.15, 0.2) is 64.3 Å². The lowest BCUT2D eigenvalue weighted by atomic mass is 9.55. The summed E-state index contributed by atoms with van der Waals surface area (Å²) in [5.74, 6) is -6.75. The SMILES string of the molecule is CN(C)c1ccc(O)c2c1[C@H](CSc1ccccc1)[C@H]1C[C@H]3[C@H](N(C)C)C(=O)C(C(N)=O)=C(O)[C@@]3(O)C(=O)C1=C2O. The maximum atomic E-state index is 14.3. The van der Waals surface area contributed by atoms with Crippen LogP contribution in [0.4, 0.5) is 5.69 Å². The minimum atomic E-state index is -2.68. The summed E-state index contributed by atoms with van der Waals surface area (Å²) in [5, 5.41) is 45.6. The van der Waals surface area contributed by atoms with E-state index in [-0.39, 0.29) is 23.3 Å². The fourth-order valence-electron chi connectivity index (χ4n) is 6.71. The molecule has 0 saturated heterocycles. The van der Waals surface area contributed by atoms with E-state index in [1.165, 1.54) is 11.0 Å². The first-order valence-electron chi connectivity index (χ1n) is 13.2. The van der Waals surface area contributed by atoms with Crippen molar-refractivity contribution in [1.29, 1.82) is 0 Å². The highest BCUT2D eigenvalue weighted by Gasteiger charge is 2.65. The Kier molecular flexibility index (Phi) is 7.17. The van der Waals surface area contributed by atoms with Gasteiger partial charge in [-0.2, -0.15) is 0 Å². The minimum absolute atomic E-state index is 0.0221. The van der Waals surface area contributed by atoms with Gasteiger partial charge in [-0.1, -0.05) is 18.2 Å². The molecule has 0 spiro atoms. The highest BCUT2D eigenvalue weighted by Crippen LogP contribution is 2.58. The molecule has 0 aliphatic heterocycles. The lowest BCUT2D eigenvalue weighted by molar-refractivity contribution is -0.154. The maximum Gasteiger partial charge on any atom is 0.255 e. The number of phenols is 1. The van der Waals surface area contributed by atoms with Crippen LogP contribution in [0.25, 0.3) is 5.76 Å². The van der Waals surface area contributed by atoms with Crippen molar-refractivity contribution in [3.8, 4) is 5.75 Å². The van der Waals surface area contributed by atoms with Crippen molar-refractivity contribution >= 4 is 40.7 Å². The standard InChI is InChI=1S/C30H33N3O7S/c1-32(2)18-10-11-19(34)22-20(18)16(13-41-14-8-6-5-7-9-14)15-12-17-24(33(3)4)26(36)23(29(31)39)28(38)30(17,40)27(37)21(15)25(22)35/h5-11,15-17,24,34-35,38,40H,12-13H2,1-4H3,(H2,31,39)/t15-,16-,17+,24+,30+/m1/s1. The Morgan fingerprint density at radius 3 is 2.29 bits per heavy atom. The van der Waals surface area contributed by atoms with E-state index >= 15 is 0 Å². The third-order valence-corrected chi connectivity index (χ3v) is 9.64. The van der Waals surface area contributed by atoms with Gasteiger partial charge in [-0.25, -0.2) is 0 Å². The second-order valence-corrected chi connectivity index (χ2v) is 12.3. The first kappa shape index (κ1) is 28.7. The number of benzene rings is 2. The average Bonchev–Trinajstić information content (AvgIpc) is 2.90. The van der Waals surface area contributed by atoms with Gasteiger partial charge in [-0.3, -0.25) is 19.3 Å². The molecule has 0 heterocycles. The molecule has 0 bridgehead atoms. The highest BCUT2D eigenvalue weighted by molar-refractivity contribution is 7.99. The predicted molar refractivity (Wildman–Crippen MR) is 155 cm³/mol. The molecule has 216 valence electrons. The Hall–Kier alpha value is -3.80. The summed E-state index contributed by atoms with van der Waals surface area (Å²) < 4.78 is 0. The number of carbonyl (C=O) groups is 3. The number of rotatable bonds is 6. The van der Waals surface area contributed by atoms with Gasteiger partial charge in [0.15, 0.2) is 11.4 Å². The minimum Gasteiger partial charge on any atom is -0.508 e. The summed E-state index contributed by atoms with van der Waals surface area (Å²) in [6.07, 6.45) is 0.0221. The molecule has 10 nitrogen and oxygen atoms in total. The highest BCUT2D eigenvalue weighted by atomic mass is 32.2. The smallest absolute Gasteiger partial charge is 0.255 e. The van der Waals surface area contributed by atoms with Crippen molar-refractivity contribution in [2.75, 3.05) is 38.8 Å². The molecule has 1 amide bonds. The molecule has 2 aromatic carbocycles. The number of aliphatic hydroxyl groups excluding tert-OH is 2. The van der Waals surface area contributed by atoms with Crippen LogP contribution in [-0.2, 0) is 14.4 Å². The van der Waals surface area contributed by atoms with Gasteiger partial charge < -0.3 is 31.1 Å². The predicted octanol–water partition coefficient (Wildman–Crippen LogP) is 2.36. The third kappa shape index (κ3) is 4.22. The second-order valence-electron chi connectivity index (χ2n) is 11.2. The van der Waals surface area contributed by atoms with Gasteiger partial charge in [0, 0.05) is 47.8 Å². The molecular weight excluding hydrogens is 546 g/mol. The van der Waals surface area contributed by atoms with Crippen molar-refractivity contribution < 1.29 is 34.8 Å². The molecule has 1 saturated carbocycles. The lowest BCUT2D eigenvalue weighted by Crippen LogP contribution is -2.66. The van der Waals surface area contributed by atoms with Crippen LogP contribution in [0.3, 0.4) is 0 Å². The van der Waals surface area contributed by atoms with E-state index in [4.69, 9.17) is 5.73 Å². The molecule has 0 aromatic heterocycles. The molecular formula is C30H33N3O7S.